The summed E-state index contributed by atoms with van der Waals surface area (Å²) in [6.45, 7) is 7.62. The Labute approximate surface area is 221 Å². The van der Waals surface area contributed by atoms with Gasteiger partial charge in [0, 0.05) is 23.2 Å². The molecule has 0 amide bonds. The van der Waals surface area contributed by atoms with E-state index in [0.717, 1.165) is 44.8 Å². The minimum Gasteiger partial charge on any atom is -0.494 e. The van der Waals surface area contributed by atoms with E-state index in [1.165, 1.54) is 0 Å². The number of pyridine rings is 1. The maximum atomic E-state index is 13.1. The first-order valence-corrected chi connectivity index (χ1v) is 12.6. The maximum absolute atomic E-state index is 13.1. The molecule has 0 spiro atoms. The molecule has 0 fully saturated rings. The number of hydrogen-bond donors (Lipinski definition) is 2. The molecule has 4 aromatic rings. The second kappa shape index (κ2) is 10.5. The van der Waals surface area contributed by atoms with E-state index in [-0.39, 0.29) is 12.4 Å². The summed E-state index contributed by atoms with van der Waals surface area (Å²) in [6, 6.07) is 19.5. The van der Waals surface area contributed by atoms with Gasteiger partial charge in [-0.15, -0.1) is 0 Å². The third-order valence-electron chi connectivity index (χ3n) is 6.40. The predicted octanol–water partition coefficient (Wildman–Crippen LogP) is 5.67. The standard InChI is InChI=1S/C29H29N3O4S/c1-4-34-23-10-8-22(9-11-23)30-29(37)32(15-20-7-12-25-26(13-20)36-17-35-25)16-21-14-24-18(2)5-6-19(3)27(24)31-28(21)33/h5-14H,4,15-17H2,1-3H3,(H,30,37)(H,31,33). The van der Waals surface area contributed by atoms with Gasteiger partial charge in [0.15, 0.2) is 16.6 Å². The van der Waals surface area contributed by atoms with Gasteiger partial charge in [-0.3, -0.25) is 4.79 Å². The summed E-state index contributed by atoms with van der Waals surface area (Å²) in [5.74, 6) is 2.23. The van der Waals surface area contributed by atoms with Crippen LogP contribution >= 0.6 is 12.2 Å². The first-order valence-electron chi connectivity index (χ1n) is 12.2. The van der Waals surface area contributed by atoms with Crippen LogP contribution in [0.5, 0.6) is 17.2 Å². The molecule has 0 atom stereocenters. The van der Waals surface area contributed by atoms with Crippen molar-refractivity contribution in [3.8, 4) is 17.2 Å². The number of rotatable bonds is 7. The lowest BCUT2D eigenvalue weighted by atomic mass is 10.0. The molecule has 5 rings (SSSR count). The highest BCUT2D eigenvalue weighted by atomic mass is 32.1. The van der Waals surface area contributed by atoms with E-state index in [1.807, 2.05) is 80.3 Å². The van der Waals surface area contributed by atoms with Gasteiger partial charge < -0.3 is 29.4 Å². The summed E-state index contributed by atoms with van der Waals surface area (Å²) in [6.07, 6.45) is 0. The molecule has 0 bridgehead atoms. The molecule has 1 aliphatic rings. The van der Waals surface area contributed by atoms with E-state index in [1.54, 1.807) is 0 Å². The molecule has 0 saturated heterocycles. The lowest BCUT2D eigenvalue weighted by Gasteiger charge is -2.26. The zero-order valence-electron chi connectivity index (χ0n) is 21.1. The Hall–Kier alpha value is -4.04. The van der Waals surface area contributed by atoms with E-state index >= 15 is 0 Å². The fourth-order valence-electron chi connectivity index (χ4n) is 4.40. The van der Waals surface area contributed by atoms with Crippen LogP contribution in [0.25, 0.3) is 10.9 Å². The normalized spacial score (nSPS) is 12.0. The quantitative estimate of drug-likeness (QED) is 0.307. The van der Waals surface area contributed by atoms with E-state index in [2.05, 4.69) is 16.4 Å². The first-order chi connectivity index (χ1) is 17.9. The number of aromatic amines is 1. The number of ether oxygens (including phenoxy) is 3. The SMILES string of the molecule is CCOc1ccc(NC(=S)N(Cc2ccc3c(c2)OCO3)Cc2cc3c(C)ccc(C)c3[nH]c2=O)cc1. The van der Waals surface area contributed by atoms with Crippen molar-refractivity contribution in [1.82, 2.24) is 9.88 Å². The molecule has 2 heterocycles. The smallest absolute Gasteiger partial charge is 0.253 e. The van der Waals surface area contributed by atoms with Crippen LogP contribution in [0.15, 0.2) is 65.5 Å². The summed E-state index contributed by atoms with van der Waals surface area (Å²) in [5.41, 5.74) is 5.35. The van der Waals surface area contributed by atoms with E-state index in [0.29, 0.717) is 36.1 Å². The number of thiocarbonyl (C=S) groups is 1. The Bertz CT molecular complexity index is 1510. The van der Waals surface area contributed by atoms with Gasteiger partial charge in [0.25, 0.3) is 5.56 Å². The molecule has 2 N–H and O–H groups in total. The van der Waals surface area contributed by atoms with Gasteiger partial charge in [-0.05, 0) is 92.1 Å². The van der Waals surface area contributed by atoms with Gasteiger partial charge in [-0.2, -0.15) is 0 Å². The largest absolute Gasteiger partial charge is 0.494 e. The average Bonchev–Trinajstić information content (AvgIpc) is 3.36. The summed E-state index contributed by atoms with van der Waals surface area (Å²) >= 11 is 5.84. The highest BCUT2D eigenvalue weighted by molar-refractivity contribution is 7.80. The van der Waals surface area contributed by atoms with E-state index in [4.69, 9.17) is 26.4 Å². The van der Waals surface area contributed by atoms with Crippen LogP contribution in [0.3, 0.4) is 0 Å². The number of fused-ring (bicyclic) bond motifs is 2. The molecule has 0 unspecified atom stereocenters. The predicted molar refractivity (Wildman–Crippen MR) is 150 cm³/mol. The topological polar surface area (TPSA) is 75.8 Å². The van der Waals surface area contributed by atoms with Crippen molar-refractivity contribution in [2.45, 2.75) is 33.9 Å². The monoisotopic (exact) mass is 515 g/mol. The van der Waals surface area contributed by atoms with E-state index < -0.39 is 0 Å². The van der Waals surface area contributed by atoms with Gasteiger partial charge in [0.1, 0.15) is 5.75 Å². The van der Waals surface area contributed by atoms with Gasteiger partial charge in [-0.1, -0.05) is 18.2 Å². The summed E-state index contributed by atoms with van der Waals surface area (Å²) in [5, 5.41) is 4.85. The fraction of sp³-hybridized carbons (Fsp3) is 0.241. The number of aromatic nitrogens is 1. The second-order valence-electron chi connectivity index (χ2n) is 9.04. The number of nitrogens with zero attached hydrogens (tertiary/aromatic N) is 1. The summed E-state index contributed by atoms with van der Waals surface area (Å²) < 4.78 is 16.6. The van der Waals surface area contributed by atoms with Crippen LogP contribution < -0.4 is 25.1 Å². The minimum atomic E-state index is -0.124. The summed E-state index contributed by atoms with van der Waals surface area (Å²) in [4.78, 5) is 18.2. The zero-order chi connectivity index (χ0) is 25.9. The van der Waals surface area contributed by atoms with Crippen molar-refractivity contribution < 1.29 is 14.2 Å². The van der Waals surface area contributed by atoms with Crippen LogP contribution in [0.1, 0.15) is 29.2 Å². The second-order valence-corrected chi connectivity index (χ2v) is 9.43. The Kier molecular flexibility index (Phi) is 7.01. The molecule has 1 aromatic heterocycles. The zero-order valence-corrected chi connectivity index (χ0v) is 21.9. The van der Waals surface area contributed by atoms with Crippen molar-refractivity contribution in [2.75, 3.05) is 18.7 Å². The van der Waals surface area contributed by atoms with Gasteiger partial charge in [-0.25, -0.2) is 0 Å². The fourth-order valence-corrected chi connectivity index (χ4v) is 4.65. The number of aryl methyl sites for hydroxylation is 2. The van der Waals surface area contributed by atoms with Crippen molar-refractivity contribution in [3.05, 3.63) is 93.3 Å². The van der Waals surface area contributed by atoms with Crippen molar-refractivity contribution in [1.29, 1.82) is 0 Å². The van der Waals surface area contributed by atoms with Gasteiger partial charge >= 0.3 is 0 Å². The molecule has 0 radical (unpaired) electrons. The lowest BCUT2D eigenvalue weighted by Crippen LogP contribution is -2.35. The van der Waals surface area contributed by atoms with Crippen molar-refractivity contribution in [2.24, 2.45) is 0 Å². The van der Waals surface area contributed by atoms with Crippen LogP contribution in [0, 0.1) is 13.8 Å². The van der Waals surface area contributed by atoms with Gasteiger partial charge in [0.2, 0.25) is 6.79 Å². The molecule has 190 valence electrons. The molecule has 0 saturated carbocycles. The molecule has 37 heavy (non-hydrogen) atoms. The number of H-pyrrole nitrogens is 1. The number of hydrogen-bond acceptors (Lipinski definition) is 5. The maximum Gasteiger partial charge on any atom is 0.253 e. The molecule has 3 aromatic carbocycles. The van der Waals surface area contributed by atoms with Crippen LogP contribution in [-0.2, 0) is 13.1 Å². The highest BCUT2D eigenvalue weighted by Gasteiger charge is 2.18. The highest BCUT2D eigenvalue weighted by Crippen LogP contribution is 2.33. The number of anilines is 1. The van der Waals surface area contributed by atoms with Crippen LogP contribution in [0.4, 0.5) is 5.69 Å². The Morgan fingerprint density at radius 2 is 1.76 bits per heavy atom. The number of nitrogens with one attached hydrogen (secondary N) is 2. The number of benzene rings is 3. The Balaban J connectivity index is 1.45. The van der Waals surface area contributed by atoms with Crippen LogP contribution in [-0.4, -0.2) is 28.4 Å². The van der Waals surface area contributed by atoms with Crippen LogP contribution in [0.2, 0.25) is 0 Å². The molecular formula is C29H29N3O4S. The van der Waals surface area contributed by atoms with Crippen molar-refractivity contribution in [3.63, 3.8) is 0 Å². The molecule has 8 heteroatoms. The minimum absolute atomic E-state index is 0.124. The molecule has 1 aliphatic heterocycles. The van der Waals surface area contributed by atoms with Crippen molar-refractivity contribution >= 4 is 33.9 Å². The Morgan fingerprint density at radius 3 is 2.54 bits per heavy atom. The first kappa shape index (κ1) is 24.6. The Morgan fingerprint density at radius 1 is 1.00 bits per heavy atom. The molecule has 7 nitrogen and oxygen atoms in total. The summed E-state index contributed by atoms with van der Waals surface area (Å²) in [7, 11) is 0. The van der Waals surface area contributed by atoms with Gasteiger partial charge in [0.05, 0.1) is 18.7 Å². The third-order valence-corrected chi connectivity index (χ3v) is 6.76. The van der Waals surface area contributed by atoms with E-state index in [9.17, 15) is 4.79 Å². The lowest BCUT2D eigenvalue weighted by molar-refractivity contribution is 0.174. The molecular weight excluding hydrogens is 486 g/mol. The third kappa shape index (κ3) is 5.39. The average molecular weight is 516 g/mol. The molecule has 0 aliphatic carbocycles.